The molecule has 11 aromatic rings. The lowest BCUT2D eigenvalue weighted by molar-refractivity contribution is 0.652. The Morgan fingerprint density at radius 2 is 0.824 bits per heavy atom. The zero-order chi connectivity index (χ0) is 45.7. The topological polar surface area (TPSA) is 16.4 Å². The second-order valence-electron chi connectivity index (χ2n) is 19.7. The van der Waals surface area contributed by atoms with Crippen LogP contribution < -0.4 is 4.90 Å². The standard InChI is InChI=1S/C66H49NO/c1-65(2)58-26-15-23-51(44-18-9-6-10-19-44)63(58)57-41-60-56(40-61(57)65)53-37-32-47(39-59(53)66(60,3)4)46-20-13-21-50(38-46)67(48-33-28-43(29-34-48)42-16-7-5-8-17-42)49-35-30-45(31-36-49)52-24-14-25-55-54-22-11-12-27-62(54)68-64(52)55/h5-41H,1-4H3. The van der Waals surface area contributed by atoms with Crippen molar-refractivity contribution in [1.29, 1.82) is 0 Å². The Hall–Kier alpha value is -8.20. The monoisotopic (exact) mass is 871 g/mol. The first-order valence-corrected chi connectivity index (χ1v) is 23.8. The van der Waals surface area contributed by atoms with E-state index in [0.717, 1.165) is 50.1 Å². The van der Waals surface area contributed by atoms with Crippen LogP contribution in [0.15, 0.2) is 229 Å². The maximum atomic E-state index is 6.46. The highest BCUT2D eigenvalue weighted by Crippen LogP contribution is 2.58. The SMILES string of the molecule is CC1(C)c2cc(-c3cccc(N(c4ccc(-c5ccccc5)cc4)c4ccc(-c5cccc6c5oc5ccccc56)cc4)c3)ccc2-c2cc3c(cc21)-c1c(-c2ccccc2)cccc1C3(C)C. The molecule has 0 bridgehead atoms. The van der Waals surface area contributed by atoms with Crippen molar-refractivity contribution in [3.05, 3.63) is 247 Å². The first-order valence-electron chi connectivity index (χ1n) is 23.8. The first-order chi connectivity index (χ1) is 33.2. The molecule has 0 fully saturated rings. The summed E-state index contributed by atoms with van der Waals surface area (Å²) in [4.78, 5) is 2.38. The van der Waals surface area contributed by atoms with Gasteiger partial charge in [0.15, 0.2) is 0 Å². The largest absolute Gasteiger partial charge is 0.455 e. The summed E-state index contributed by atoms with van der Waals surface area (Å²) in [6, 6.07) is 82.3. The van der Waals surface area contributed by atoms with Crippen molar-refractivity contribution in [2.24, 2.45) is 0 Å². The fourth-order valence-corrected chi connectivity index (χ4v) is 11.5. The summed E-state index contributed by atoms with van der Waals surface area (Å²) < 4.78 is 6.46. The van der Waals surface area contributed by atoms with E-state index >= 15 is 0 Å². The van der Waals surface area contributed by atoms with Crippen molar-refractivity contribution < 1.29 is 4.42 Å². The van der Waals surface area contributed by atoms with Crippen LogP contribution in [0.3, 0.4) is 0 Å². The normalized spacial score (nSPS) is 13.8. The predicted octanol–water partition coefficient (Wildman–Crippen LogP) is 18.3. The molecule has 0 radical (unpaired) electrons. The minimum atomic E-state index is -0.192. The third-order valence-electron chi connectivity index (χ3n) is 15.1. The number of fused-ring (bicyclic) bond motifs is 9. The van der Waals surface area contributed by atoms with Gasteiger partial charge in [-0.25, -0.2) is 0 Å². The summed E-state index contributed by atoms with van der Waals surface area (Å²) in [5, 5.41) is 2.27. The van der Waals surface area contributed by atoms with E-state index in [4.69, 9.17) is 4.42 Å². The fourth-order valence-electron chi connectivity index (χ4n) is 11.5. The smallest absolute Gasteiger partial charge is 0.143 e. The van der Waals surface area contributed by atoms with Crippen LogP contribution in [0, 0.1) is 0 Å². The maximum Gasteiger partial charge on any atom is 0.143 e. The van der Waals surface area contributed by atoms with Gasteiger partial charge in [-0.05, 0) is 144 Å². The molecule has 68 heavy (non-hydrogen) atoms. The number of rotatable bonds is 7. The average Bonchev–Trinajstić information content (AvgIpc) is 3.96. The molecule has 0 unspecified atom stereocenters. The summed E-state index contributed by atoms with van der Waals surface area (Å²) in [6.07, 6.45) is 0. The summed E-state index contributed by atoms with van der Waals surface area (Å²) in [6.45, 7) is 9.61. The van der Waals surface area contributed by atoms with Crippen molar-refractivity contribution in [3.63, 3.8) is 0 Å². The van der Waals surface area contributed by atoms with Crippen molar-refractivity contribution in [2.75, 3.05) is 4.90 Å². The van der Waals surface area contributed by atoms with Crippen molar-refractivity contribution in [2.45, 2.75) is 38.5 Å². The van der Waals surface area contributed by atoms with Gasteiger partial charge in [0.05, 0.1) is 0 Å². The molecule has 2 aliphatic carbocycles. The van der Waals surface area contributed by atoms with Crippen LogP contribution in [0.2, 0.25) is 0 Å². The molecular formula is C66H49NO. The van der Waals surface area contributed by atoms with E-state index < -0.39 is 0 Å². The van der Waals surface area contributed by atoms with E-state index in [1.807, 2.05) is 12.1 Å². The van der Waals surface area contributed by atoms with E-state index in [2.05, 4.69) is 245 Å². The molecule has 10 aromatic carbocycles. The number of anilines is 3. The minimum absolute atomic E-state index is 0.117. The van der Waals surface area contributed by atoms with Gasteiger partial charge in [-0.2, -0.15) is 0 Å². The molecule has 1 heterocycles. The van der Waals surface area contributed by atoms with E-state index in [9.17, 15) is 0 Å². The molecule has 2 nitrogen and oxygen atoms in total. The highest BCUT2D eigenvalue weighted by atomic mass is 16.3. The lowest BCUT2D eigenvalue weighted by atomic mass is 9.79. The zero-order valence-electron chi connectivity index (χ0n) is 38.7. The van der Waals surface area contributed by atoms with Crippen LogP contribution in [0.4, 0.5) is 17.1 Å². The molecule has 0 N–H and O–H groups in total. The van der Waals surface area contributed by atoms with Crippen LogP contribution in [0.1, 0.15) is 49.9 Å². The van der Waals surface area contributed by atoms with Crippen molar-refractivity contribution in [3.8, 4) is 66.8 Å². The maximum absolute atomic E-state index is 6.46. The summed E-state index contributed by atoms with van der Waals surface area (Å²) in [5.41, 5.74) is 25.4. The molecule has 13 rings (SSSR count). The Morgan fingerprint density at radius 1 is 0.309 bits per heavy atom. The van der Waals surface area contributed by atoms with Gasteiger partial charge in [0, 0.05) is 44.2 Å². The van der Waals surface area contributed by atoms with E-state index in [1.165, 1.54) is 77.9 Å². The third-order valence-corrected chi connectivity index (χ3v) is 15.1. The molecule has 0 aliphatic heterocycles. The molecule has 0 saturated carbocycles. The average molecular weight is 872 g/mol. The Kier molecular flexibility index (Phi) is 8.95. The number of hydrogen-bond donors (Lipinski definition) is 0. The third kappa shape index (κ3) is 6.17. The highest BCUT2D eigenvalue weighted by molar-refractivity contribution is 6.09. The Labute approximate surface area is 398 Å². The number of benzene rings is 10. The van der Waals surface area contributed by atoms with Crippen LogP contribution in [-0.2, 0) is 10.8 Å². The van der Waals surface area contributed by atoms with Crippen molar-refractivity contribution in [1.82, 2.24) is 0 Å². The van der Waals surface area contributed by atoms with E-state index in [-0.39, 0.29) is 10.8 Å². The second kappa shape index (κ2) is 15.2. The summed E-state index contributed by atoms with van der Waals surface area (Å²) >= 11 is 0. The first kappa shape index (κ1) is 40.1. The molecule has 0 amide bonds. The number of para-hydroxylation sites is 2. The number of nitrogens with zero attached hydrogens (tertiary/aromatic N) is 1. The Bertz CT molecular complexity index is 3760. The van der Waals surface area contributed by atoms with Crippen LogP contribution in [0.5, 0.6) is 0 Å². The van der Waals surface area contributed by atoms with Gasteiger partial charge in [-0.3, -0.25) is 0 Å². The fraction of sp³-hybridized carbons (Fsp3) is 0.0909. The van der Waals surface area contributed by atoms with Gasteiger partial charge in [-0.15, -0.1) is 0 Å². The number of hydrogen-bond acceptors (Lipinski definition) is 2. The zero-order valence-corrected chi connectivity index (χ0v) is 38.7. The molecule has 1 aromatic heterocycles. The molecular weight excluding hydrogens is 823 g/mol. The second-order valence-corrected chi connectivity index (χ2v) is 19.7. The molecule has 0 saturated heterocycles. The van der Waals surface area contributed by atoms with Gasteiger partial charge in [0.1, 0.15) is 11.2 Å². The van der Waals surface area contributed by atoms with E-state index in [0.29, 0.717) is 0 Å². The van der Waals surface area contributed by atoms with Crippen molar-refractivity contribution >= 4 is 39.0 Å². The van der Waals surface area contributed by atoms with Crippen LogP contribution in [-0.4, -0.2) is 0 Å². The Balaban J connectivity index is 0.888. The van der Waals surface area contributed by atoms with Gasteiger partial charge < -0.3 is 9.32 Å². The number of furan rings is 1. The van der Waals surface area contributed by atoms with Crippen LogP contribution >= 0.6 is 0 Å². The van der Waals surface area contributed by atoms with Crippen LogP contribution in [0.25, 0.3) is 88.7 Å². The molecule has 0 atom stereocenters. The highest BCUT2D eigenvalue weighted by Gasteiger charge is 2.42. The predicted molar refractivity (Wildman–Crippen MR) is 285 cm³/mol. The lowest BCUT2D eigenvalue weighted by Crippen LogP contribution is -2.17. The molecule has 324 valence electrons. The molecule has 0 spiro atoms. The molecule has 2 heteroatoms. The van der Waals surface area contributed by atoms with Gasteiger partial charge >= 0.3 is 0 Å². The summed E-state index contributed by atoms with van der Waals surface area (Å²) in [5.74, 6) is 0. The van der Waals surface area contributed by atoms with Gasteiger partial charge in [-0.1, -0.05) is 191 Å². The Morgan fingerprint density at radius 3 is 1.59 bits per heavy atom. The van der Waals surface area contributed by atoms with Gasteiger partial charge in [0.2, 0.25) is 0 Å². The minimum Gasteiger partial charge on any atom is -0.455 e. The molecule has 2 aliphatic rings. The quantitative estimate of drug-likeness (QED) is 0.159. The van der Waals surface area contributed by atoms with Gasteiger partial charge in [0.25, 0.3) is 0 Å². The van der Waals surface area contributed by atoms with E-state index in [1.54, 1.807) is 0 Å². The summed E-state index contributed by atoms with van der Waals surface area (Å²) in [7, 11) is 0. The lowest BCUT2D eigenvalue weighted by Gasteiger charge is -2.27.